The second kappa shape index (κ2) is 6.95. The summed E-state index contributed by atoms with van der Waals surface area (Å²) in [5, 5.41) is 12.4. The van der Waals surface area contributed by atoms with E-state index in [0.29, 0.717) is 22.9 Å². The summed E-state index contributed by atoms with van der Waals surface area (Å²) in [5.41, 5.74) is 0.292. The summed E-state index contributed by atoms with van der Waals surface area (Å²) in [6.07, 6.45) is 1.65. The number of benzene rings is 1. The molecular formula is C18H21N5O2S. The molecule has 0 aliphatic heterocycles. The lowest BCUT2D eigenvalue weighted by atomic mass is 10.1. The van der Waals surface area contributed by atoms with Crippen molar-refractivity contribution in [1.29, 1.82) is 0 Å². The number of thioether (sulfide) groups is 1. The van der Waals surface area contributed by atoms with Crippen LogP contribution in [0.4, 0.5) is 0 Å². The van der Waals surface area contributed by atoms with E-state index >= 15 is 0 Å². The lowest BCUT2D eigenvalue weighted by Gasteiger charge is -2.20. The third kappa shape index (κ3) is 3.50. The van der Waals surface area contributed by atoms with Gasteiger partial charge in [-0.1, -0.05) is 30.0 Å². The quantitative estimate of drug-likeness (QED) is 0.549. The summed E-state index contributed by atoms with van der Waals surface area (Å²) in [5.74, 6) is 0.572. The minimum absolute atomic E-state index is 0.0806. The van der Waals surface area contributed by atoms with Gasteiger partial charge in [0.1, 0.15) is 0 Å². The molecule has 0 saturated heterocycles. The number of aromatic nitrogens is 4. The van der Waals surface area contributed by atoms with Crippen molar-refractivity contribution < 1.29 is 4.79 Å². The van der Waals surface area contributed by atoms with Crippen LogP contribution in [0.5, 0.6) is 0 Å². The molecular weight excluding hydrogens is 350 g/mol. The summed E-state index contributed by atoms with van der Waals surface area (Å²) in [4.78, 5) is 24.8. The Morgan fingerprint density at radius 1 is 1.31 bits per heavy atom. The predicted molar refractivity (Wildman–Crippen MR) is 104 cm³/mol. The number of amides is 1. The molecule has 0 aliphatic carbocycles. The molecule has 2 heterocycles. The minimum Gasteiger partial charge on any atom is -0.351 e. The molecule has 0 unspecified atom stereocenters. The van der Waals surface area contributed by atoms with E-state index in [-0.39, 0.29) is 22.8 Å². The first-order valence-electron chi connectivity index (χ1n) is 8.23. The van der Waals surface area contributed by atoms with Crippen molar-refractivity contribution in [2.45, 2.75) is 38.0 Å². The average Bonchev–Trinajstić information content (AvgIpc) is 2.99. The number of carbonyl (C=O) groups excluding carboxylic acids is 1. The third-order valence-corrected chi connectivity index (χ3v) is 4.57. The van der Waals surface area contributed by atoms with Crippen molar-refractivity contribution in [2.75, 3.05) is 5.75 Å². The van der Waals surface area contributed by atoms with E-state index in [1.54, 1.807) is 12.1 Å². The number of hydrogen-bond donors (Lipinski definition) is 1. The fourth-order valence-corrected chi connectivity index (χ4v) is 3.45. The van der Waals surface area contributed by atoms with Crippen LogP contribution < -0.4 is 10.9 Å². The zero-order chi connectivity index (χ0) is 18.9. The third-order valence-electron chi connectivity index (χ3n) is 3.64. The number of hydrogen-bond acceptors (Lipinski definition) is 5. The smallest absolute Gasteiger partial charge is 0.263 e. The number of carbonyl (C=O) groups is 1. The number of fused-ring (bicyclic) bond motifs is 3. The highest BCUT2D eigenvalue weighted by Gasteiger charge is 2.18. The monoisotopic (exact) mass is 371 g/mol. The van der Waals surface area contributed by atoms with Crippen LogP contribution in [-0.2, 0) is 11.3 Å². The van der Waals surface area contributed by atoms with Gasteiger partial charge >= 0.3 is 0 Å². The van der Waals surface area contributed by atoms with Crippen molar-refractivity contribution in [1.82, 2.24) is 24.5 Å². The molecule has 0 saturated carbocycles. The fraction of sp³-hybridized carbons (Fsp3) is 0.333. The second-order valence-electron chi connectivity index (χ2n) is 6.93. The molecule has 0 spiro atoms. The molecule has 0 bridgehead atoms. The molecule has 8 heteroatoms. The lowest BCUT2D eigenvalue weighted by molar-refractivity contribution is -0.119. The van der Waals surface area contributed by atoms with E-state index in [1.807, 2.05) is 43.4 Å². The van der Waals surface area contributed by atoms with Crippen LogP contribution in [0.15, 0.2) is 46.9 Å². The molecule has 1 aromatic carbocycles. The summed E-state index contributed by atoms with van der Waals surface area (Å²) in [7, 11) is 0. The van der Waals surface area contributed by atoms with Gasteiger partial charge in [0, 0.05) is 12.1 Å². The Morgan fingerprint density at radius 2 is 2.04 bits per heavy atom. The molecule has 1 N–H and O–H groups in total. The number of nitrogens with one attached hydrogen (secondary N) is 1. The highest BCUT2D eigenvalue weighted by atomic mass is 32.2. The van der Waals surface area contributed by atoms with Crippen molar-refractivity contribution in [3.8, 4) is 0 Å². The molecule has 136 valence electrons. The maximum atomic E-state index is 12.7. The van der Waals surface area contributed by atoms with Crippen LogP contribution in [0.1, 0.15) is 20.8 Å². The molecule has 0 fully saturated rings. The van der Waals surface area contributed by atoms with Gasteiger partial charge in [0.25, 0.3) is 5.56 Å². The van der Waals surface area contributed by atoms with E-state index in [2.05, 4.69) is 22.1 Å². The first-order valence-corrected chi connectivity index (χ1v) is 9.22. The van der Waals surface area contributed by atoms with Crippen LogP contribution in [-0.4, -0.2) is 36.4 Å². The van der Waals surface area contributed by atoms with Crippen LogP contribution in [0.25, 0.3) is 16.7 Å². The Bertz CT molecular complexity index is 1050. The van der Waals surface area contributed by atoms with Gasteiger partial charge in [0.05, 0.1) is 16.7 Å². The largest absolute Gasteiger partial charge is 0.351 e. The maximum absolute atomic E-state index is 12.7. The number of nitrogens with zero attached hydrogens (tertiary/aromatic N) is 4. The summed E-state index contributed by atoms with van der Waals surface area (Å²) in [6.45, 7) is 9.84. The molecule has 3 rings (SSSR count). The molecule has 26 heavy (non-hydrogen) atoms. The Balaban J connectivity index is 2.07. The van der Waals surface area contributed by atoms with E-state index in [1.165, 1.54) is 16.3 Å². The highest BCUT2D eigenvalue weighted by Crippen LogP contribution is 2.21. The van der Waals surface area contributed by atoms with Crippen molar-refractivity contribution in [3.05, 3.63) is 47.3 Å². The molecule has 1 amide bonds. The SMILES string of the molecule is C=CCn1c(=O)c2ccccc2n2c(SCC(=O)NC(C)(C)C)nnc12. The van der Waals surface area contributed by atoms with Gasteiger partial charge in [-0.25, -0.2) is 0 Å². The molecule has 0 aliphatic rings. The highest BCUT2D eigenvalue weighted by molar-refractivity contribution is 7.99. The topological polar surface area (TPSA) is 81.3 Å². The fourth-order valence-electron chi connectivity index (χ4n) is 2.71. The van der Waals surface area contributed by atoms with Crippen LogP contribution >= 0.6 is 11.8 Å². The first kappa shape index (κ1) is 18.2. The van der Waals surface area contributed by atoms with Gasteiger partial charge in [-0.3, -0.25) is 18.6 Å². The van der Waals surface area contributed by atoms with E-state index < -0.39 is 0 Å². The van der Waals surface area contributed by atoms with Crippen LogP contribution in [0, 0.1) is 0 Å². The van der Waals surface area contributed by atoms with Gasteiger partial charge in [-0.15, -0.1) is 16.8 Å². The predicted octanol–water partition coefficient (Wildman–Crippen LogP) is 2.24. The Hall–Kier alpha value is -2.61. The maximum Gasteiger partial charge on any atom is 0.263 e. The van der Waals surface area contributed by atoms with E-state index in [4.69, 9.17) is 0 Å². The lowest BCUT2D eigenvalue weighted by Crippen LogP contribution is -2.41. The van der Waals surface area contributed by atoms with Gasteiger partial charge in [0.2, 0.25) is 11.7 Å². The van der Waals surface area contributed by atoms with Crippen LogP contribution in [0.2, 0.25) is 0 Å². The number of para-hydroxylation sites is 1. The van der Waals surface area contributed by atoms with Crippen molar-refractivity contribution in [2.24, 2.45) is 0 Å². The van der Waals surface area contributed by atoms with Gasteiger partial charge in [-0.2, -0.15) is 0 Å². The summed E-state index contributed by atoms with van der Waals surface area (Å²) >= 11 is 1.29. The zero-order valence-corrected chi connectivity index (χ0v) is 15.8. The van der Waals surface area contributed by atoms with Gasteiger partial charge in [-0.05, 0) is 32.9 Å². The summed E-state index contributed by atoms with van der Waals surface area (Å²) in [6, 6.07) is 7.31. The Kier molecular flexibility index (Phi) is 4.86. The van der Waals surface area contributed by atoms with Crippen molar-refractivity contribution in [3.63, 3.8) is 0 Å². The molecule has 2 aromatic heterocycles. The van der Waals surface area contributed by atoms with Crippen molar-refractivity contribution >= 4 is 34.3 Å². The molecule has 0 radical (unpaired) electrons. The Labute approximate surface area is 155 Å². The standard InChI is InChI=1S/C18H21N5O2S/c1-5-10-22-15(25)12-8-6-7-9-13(12)23-16(22)20-21-17(23)26-11-14(24)19-18(2,3)4/h5-9H,1,10-11H2,2-4H3,(H,19,24). The van der Waals surface area contributed by atoms with Crippen LogP contribution in [0.3, 0.4) is 0 Å². The van der Waals surface area contributed by atoms with Gasteiger partial charge in [0.15, 0.2) is 5.16 Å². The molecule has 3 aromatic rings. The summed E-state index contributed by atoms with van der Waals surface area (Å²) < 4.78 is 3.34. The number of allylic oxidation sites excluding steroid dienone is 1. The van der Waals surface area contributed by atoms with E-state index in [0.717, 1.165) is 5.52 Å². The normalized spacial score (nSPS) is 11.8. The first-order chi connectivity index (χ1) is 12.3. The second-order valence-corrected chi connectivity index (χ2v) is 7.87. The minimum atomic E-state index is -0.290. The number of rotatable bonds is 5. The van der Waals surface area contributed by atoms with E-state index in [9.17, 15) is 9.59 Å². The Morgan fingerprint density at radius 3 is 2.73 bits per heavy atom. The van der Waals surface area contributed by atoms with Gasteiger partial charge < -0.3 is 5.32 Å². The zero-order valence-electron chi connectivity index (χ0n) is 15.0. The average molecular weight is 371 g/mol. The molecule has 7 nitrogen and oxygen atoms in total. The molecule has 0 atom stereocenters.